The highest BCUT2D eigenvalue weighted by molar-refractivity contribution is 14.1. The fourth-order valence-corrected chi connectivity index (χ4v) is 3.83. The van der Waals surface area contributed by atoms with Gasteiger partial charge in [0.15, 0.2) is 11.5 Å². The molecule has 0 fully saturated rings. The Morgan fingerprint density at radius 1 is 1.15 bits per heavy atom. The Labute approximate surface area is 210 Å². The molecule has 34 heavy (non-hydrogen) atoms. The molecule has 3 aromatic carbocycles. The number of amides is 1. The zero-order valence-corrected chi connectivity index (χ0v) is 20.3. The fraction of sp³-hybridized carbons (Fsp3) is 0.120. The highest BCUT2D eigenvalue weighted by Gasteiger charge is 2.18. The second-order valence-electron chi connectivity index (χ2n) is 6.94. The van der Waals surface area contributed by atoms with Crippen LogP contribution < -0.4 is 14.8 Å². The molecular formula is C25H20IN3O5. The van der Waals surface area contributed by atoms with Gasteiger partial charge in [-0.1, -0.05) is 42.5 Å². The number of nitrogens with zero attached hydrogens (tertiary/aromatic N) is 2. The SMILES string of the molecule is CCOc1cc(/C=C(/C#N)C(=O)Nc2ccccc2[N+](=O)[O-])cc(I)c1OCc1ccccc1. The second kappa shape index (κ2) is 11.8. The van der Waals surface area contributed by atoms with Crippen molar-refractivity contribution >= 4 is 45.9 Å². The topological polar surface area (TPSA) is 114 Å². The normalized spacial score (nSPS) is 10.8. The van der Waals surface area contributed by atoms with Gasteiger partial charge in [0.05, 0.1) is 15.1 Å². The molecule has 172 valence electrons. The zero-order valence-electron chi connectivity index (χ0n) is 18.2. The van der Waals surface area contributed by atoms with E-state index in [1.807, 2.05) is 43.3 Å². The molecule has 0 bridgehead atoms. The van der Waals surface area contributed by atoms with E-state index in [4.69, 9.17) is 9.47 Å². The Kier molecular flexibility index (Phi) is 8.59. The van der Waals surface area contributed by atoms with Gasteiger partial charge >= 0.3 is 0 Å². The van der Waals surface area contributed by atoms with Crippen molar-refractivity contribution < 1.29 is 19.2 Å². The van der Waals surface area contributed by atoms with E-state index in [0.29, 0.717) is 30.3 Å². The van der Waals surface area contributed by atoms with Gasteiger partial charge in [-0.3, -0.25) is 14.9 Å². The quantitative estimate of drug-likeness (QED) is 0.116. The molecule has 0 unspecified atom stereocenters. The Hall–Kier alpha value is -3.91. The minimum Gasteiger partial charge on any atom is -0.490 e. The molecule has 0 aromatic heterocycles. The second-order valence-corrected chi connectivity index (χ2v) is 8.10. The molecule has 9 heteroatoms. The van der Waals surface area contributed by atoms with Crippen molar-refractivity contribution in [2.24, 2.45) is 0 Å². The predicted molar refractivity (Wildman–Crippen MR) is 136 cm³/mol. The molecule has 8 nitrogen and oxygen atoms in total. The van der Waals surface area contributed by atoms with Crippen molar-refractivity contribution in [1.29, 1.82) is 5.26 Å². The number of hydrogen-bond donors (Lipinski definition) is 1. The number of nitriles is 1. The Bertz CT molecular complexity index is 1270. The van der Waals surface area contributed by atoms with Gasteiger partial charge in [0.25, 0.3) is 11.6 Å². The van der Waals surface area contributed by atoms with Gasteiger partial charge in [0, 0.05) is 6.07 Å². The first-order valence-electron chi connectivity index (χ1n) is 10.2. The van der Waals surface area contributed by atoms with E-state index in [2.05, 4.69) is 27.9 Å². The van der Waals surface area contributed by atoms with E-state index in [-0.39, 0.29) is 16.9 Å². The van der Waals surface area contributed by atoms with Crippen molar-refractivity contribution in [3.05, 3.63) is 97.1 Å². The van der Waals surface area contributed by atoms with Crippen LogP contribution in [0.25, 0.3) is 6.08 Å². The Balaban J connectivity index is 1.87. The third-order valence-electron chi connectivity index (χ3n) is 4.58. The summed E-state index contributed by atoms with van der Waals surface area (Å²) in [4.78, 5) is 23.3. The number of nitro groups is 1. The minimum absolute atomic E-state index is 0.00731. The molecule has 0 saturated heterocycles. The summed E-state index contributed by atoms with van der Waals surface area (Å²) in [5.41, 5.74) is 1.08. The first-order valence-corrected chi connectivity index (χ1v) is 11.3. The monoisotopic (exact) mass is 569 g/mol. The van der Waals surface area contributed by atoms with E-state index >= 15 is 0 Å². The third kappa shape index (κ3) is 6.32. The van der Waals surface area contributed by atoms with E-state index in [1.54, 1.807) is 18.2 Å². The molecule has 0 spiro atoms. The molecule has 0 aliphatic carbocycles. The van der Waals surface area contributed by atoms with Crippen LogP contribution in [0.1, 0.15) is 18.1 Å². The lowest BCUT2D eigenvalue weighted by atomic mass is 10.1. The van der Waals surface area contributed by atoms with Crippen molar-refractivity contribution in [1.82, 2.24) is 0 Å². The van der Waals surface area contributed by atoms with Gasteiger partial charge in [-0.05, 0) is 64.9 Å². The van der Waals surface area contributed by atoms with Crippen LogP contribution >= 0.6 is 22.6 Å². The average Bonchev–Trinajstić information content (AvgIpc) is 2.83. The molecular weight excluding hydrogens is 549 g/mol. The highest BCUT2D eigenvalue weighted by Crippen LogP contribution is 2.35. The van der Waals surface area contributed by atoms with Gasteiger partial charge in [-0.25, -0.2) is 0 Å². The number of carbonyl (C=O) groups excluding carboxylic acids is 1. The lowest BCUT2D eigenvalue weighted by Gasteiger charge is -2.15. The molecule has 0 radical (unpaired) electrons. The van der Waals surface area contributed by atoms with Gasteiger partial charge < -0.3 is 14.8 Å². The molecule has 0 aliphatic rings. The van der Waals surface area contributed by atoms with Crippen LogP contribution in [0, 0.1) is 25.0 Å². The van der Waals surface area contributed by atoms with E-state index in [9.17, 15) is 20.2 Å². The van der Waals surface area contributed by atoms with Gasteiger partial charge in [-0.15, -0.1) is 0 Å². The third-order valence-corrected chi connectivity index (χ3v) is 5.38. The van der Waals surface area contributed by atoms with Crippen molar-refractivity contribution in [3.63, 3.8) is 0 Å². The average molecular weight is 569 g/mol. The summed E-state index contributed by atoms with van der Waals surface area (Å²) < 4.78 is 12.5. The molecule has 0 heterocycles. The van der Waals surface area contributed by atoms with Crippen LogP contribution in [0.2, 0.25) is 0 Å². The standard InChI is InChI=1S/C25H20IN3O5/c1-2-33-23-14-18(13-20(26)24(23)34-16-17-8-4-3-5-9-17)12-19(15-27)25(30)28-21-10-6-7-11-22(21)29(31)32/h3-14H,2,16H2,1H3,(H,28,30)/b19-12-. The largest absolute Gasteiger partial charge is 0.490 e. The molecule has 3 rings (SSSR count). The van der Waals surface area contributed by atoms with Crippen LogP contribution in [-0.2, 0) is 11.4 Å². The number of ether oxygens (including phenoxy) is 2. The summed E-state index contributed by atoms with van der Waals surface area (Å²) in [6.45, 7) is 2.60. The van der Waals surface area contributed by atoms with Crippen LogP contribution in [0.5, 0.6) is 11.5 Å². The van der Waals surface area contributed by atoms with Crippen molar-refractivity contribution in [2.75, 3.05) is 11.9 Å². The Morgan fingerprint density at radius 2 is 1.85 bits per heavy atom. The summed E-state index contributed by atoms with van der Waals surface area (Å²) in [7, 11) is 0. The van der Waals surface area contributed by atoms with Crippen LogP contribution in [0.4, 0.5) is 11.4 Å². The summed E-state index contributed by atoms with van der Waals surface area (Å²) in [5, 5.41) is 23.2. The number of halogens is 1. The molecule has 0 atom stereocenters. The predicted octanol–water partition coefficient (Wildman–Crippen LogP) is 5.72. The van der Waals surface area contributed by atoms with Gasteiger partial charge in [0.1, 0.15) is 23.9 Å². The van der Waals surface area contributed by atoms with E-state index in [1.165, 1.54) is 24.3 Å². The number of nitro benzene ring substituents is 1. The lowest BCUT2D eigenvalue weighted by Crippen LogP contribution is -2.14. The minimum atomic E-state index is -0.755. The maximum absolute atomic E-state index is 12.7. The lowest BCUT2D eigenvalue weighted by molar-refractivity contribution is -0.383. The number of para-hydroxylation sites is 2. The summed E-state index contributed by atoms with van der Waals surface area (Å²) in [6, 6.07) is 20.7. The first-order chi connectivity index (χ1) is 16.4. The summed E-state index contributed by atoms with van der Waals surface area (Å²) >= 11 is 2.11. The maximum atomic E-state index is 12.7. The molecule has 0 aliphatic heterocycles. The number of anilines is 1. The van der Waals surface area contributed by atoms with Gasteiger partial charge in [0.2, 0.25) is 0 Å². The van der Waals surface area contributed by atoms with Crippen LogP contribution in [-0.4, -0.2) is 17.4 Å². The highest BCUT2D eigenvalue weighted by atomic mass is 127. The molecule has 1 N–H and O–H groups in total. The maximum Gasteiger partial charge on any atom is 0.292 e. The molecule has 3 aromatic rings. The van der Waals surface area contributed by atoms with E-state index < -0.39 is 10.8 Å². The number of nitrogens with one attached hydrogen (secondary N) is 1. The van der Waals surface area contributed by atoms with Crippen molar-refractivity contribution in [3.8, 4) is 17.6 Å². The number of hydrogen-bond acceptors (Lipinski definition) is 6. The van der Waals surface area contributed by atoms with Gasteiger partial charge in [-0.2, -0.15) is 5.26 Å². The summed E-state index contributed by atoms with van der Waals surface area (Å²) in [5.74, 6) is 0.286. The smallest absolute Gasteiger partial charge is 0.292 e. The van der Waals surface area contributed by atoms with Crippen LogP contribution in [0.3, 0.4) is 0 Å². The zero-order chi connectivity index (χ0) is 24.5. The van der Waals surface area contributed by atoms with Crippen LogP contribution in [0.15, 0.2) is 72.3 Å². The Morgan fingerprint density at radius 3 is 2.53 bits per heavy atom. The number of rotatable bonds is 9. The number of carbonyl (C=O) groups is 1. The van der Waals surface area contributed by atoms with E-state index in [0.717, 1.165) is 9.13 Å². The first kappa shape index (κ1) is 24.7. The molecule has 0 saturated carbocycles. The number of benzene rings is 3. The fourth-order valence-electron chi connectivity index (χ4n) is 3.05. The summed E-state index contributed by atoms with van der Waals surface area (Å²) in [6.07, 6.45) is 1.40. The molecule has 1 amide bonds. The van der Waals surface area contributed by atoms with Crippen molar-refractivity contribution in [2.45, 2.75) is 13.5 Å².